The van der Waals surface area contributed by atoms with Gasteiger partial charge in [-0.25, -0.2) is 4.98 Å². The molecule has 3 aromatic rings. The Bertz CT molecular complexity index is 1030. The van der Waals surface area contributed by atoms with Crippen LogP contribution < -0.4 is 5.32 Å². The van der Waals surface area contributed by atoms with Crippen LogP contribution in [-0.2, 0) is 22.1 Å². The first-order valence-electron chi connectivity index (χ1n) is 10.4. The first-order chi connectivity index (χ1) is 14.7. The number of pyridine rings is 1. The largest absolute Gasteiger partial charge is 0.372 e. The quantitative estimate of drug-likeness (QED) is 0.637. The molecular formula is C23H28N4O2S. The molecule has 1 saturated heterocycles. The van der Waals surface area contributed by atoms with E-state index in [0.717, 1.165) is 67.4 Å². The van der Waals surface area contributed by atoms with Crippen LogP contribution in [0.25, 0.3) is 16.9 Å². The Morgan fingerprint density at radius 1 is 1.17 bits per heavy atom. The molecule has 7 heteroatoms. The van der Waals surface area contributed by atoms with Gasteiger partial charge < -0.3 is 10.1 Å². The van der Waals surface area contributed by atoms with Gasteiger partial charge in [-0.1, -0.05) is 24.3 Å². The molecule has 0 bridgehead atoms. The molecule has 1 aromatic carbocycles. The number of carbonyl (C=O) groups is 1. The van der Waals surface area contributed by atoms with Crippen LogP contribution in [0.3, 0.4) is 0 Å². The molecule has 1 saturated carbocycles. The summed E-state index contributed by atoms with van der Waals surface area (Å²) in [5.74, 6) is 2.90. The van der Waals surface area contributed by atoms with Gasteiger partial charge in [0.15, 0.2) is 0 Å². The lowest BCUT2D eigenvalue weighted by atomic mass is 10.1. The Balaban J connectivity index is 0.000000383. The number of carbonyl (C=O) groups excluding carboxylic acids is 1. The van der Waals surface area contributed by atoms with E-state index in [9.17, 15) is 9.00 Å². The number of anilines is 1. The van der Waals surface area contributed by atoms with Crippen molar-refractivity contribution in [3.05, 3.63) is 54.2 Å². The van der Waals surface area contributed by atoms with E-state index in [-0.39, 0.29) is 0 Å². The van der Waals surface area contributed by atoms with E-state index in [1.165, 1.54) is 11.1 Å². The van der Waals surface area contributed by atoms with Crippen molar-refractivity contribution in [3.8, 4) is 11.3 Å². The van der Waals surface area contributed by atoms with E-state index in [1.807, 2.05) is 25.4 Å². The van der Waals surface area contributed by atoms with Gasteiger partial charge in [0.25, 0.3) is 0 Å². The monoisotopic (exact) mass is 424 g/mol. The lowest BCUT2D eigenvalue weighted by molar-refractivity contribution is -0.108. The second kappa shape index (κ2) is 9.53. The molecule has 0 unspecified atom stereocenters. The van der Waals surface area contributed by atoms with Crippen LogP contribution in [0, 0.1) is 5.92 Å². The van der Waals surface area contributed by atoms with Crippen LogP contribution in [-0.4, -0.2) is 56.4 Å². The second-order valence-corrected chi connectivity index (χ2v) is 9.51. The minimum absolute atomic E-state index is 0.454. The zero-order valence-corrected chi connectivity index (χ0v) is 18.1. The minimum atomic E-state index is -0.625. The third kappa shape index (κ3) is 5.15. The van der Waals surface area contributed by atoms with Gasteiger partial charge in [-0.2, -0.15) is 0 Å². The fourth-order valence-corrected chi connectivity index (χ4v) is 4.65. The maximum Gasteiger partial charge on any atom is 0.145 e. The summed E-state index contributed by atoms with van der Waals surface area (Å²) in [6.07, 6.45) is 5.34. The number of fused-ring (bicyclic) bond motifs is 1. The van der Waals surface area contributed by atoms with Gasteiger partial charge in [-0.3, -0.25) is 13.5 Å². The number of aromatic nitrogens is 2. The van der Waals surface area contributed by atoms with Crippen LogP contribution in [0.5, 0.6) is 0 Å². The summed E-state index contributed by atoms with van der Waals surface area (Å²) in [6.45, 7) is 2.74. The highest BCUT2D eigenvalue weighted by molar-refractivity contribution is 7.85. The van der Waals surface area contributed by atoms with Crippen LogP contribution in [0.15, 0.2) is 48.7 Å². The standard InChI is InChI=1S/C19H22N4OS.C4H6O/c1-20-18-14-23-17(6-3-7-19(23)21-18)16-5-2-4-15(12-16)13-22-8-10-25(24)11-9-22;5-3-4-1-2-4/h2-7,12,14,20H,8-11,13H2,1H3;3-4H,1-2H2. The summed E-state index contributed by atoms with van der Waals surface area (Å²) >= 11 is 0. The molecule has 2 aromatic heterocycles. The third-order valence-corrected chi connectivity index (χ3v) is 6.74. The lowest BCUT2D eigenvalue weighted by Crippen LogP contribution is -2.37. The molecule has 1 aliphatic carbocycles. The number of imidazole rings is 1. The van der Waals surface area contributed by atoms with E-state index < -0.39 is 10.8 Å². The van der Waals surface area contributed by atoms with E-state index >= 15 is 0 Å². The molecule has 2 fully saturated rings. The van der Waals surface area contributed by atoms with Gasteiger partial charge >= 0.3 is 0 Å². The van der Waals surface area contributed by atoms with E-state index in [2.05, 4.69) is 49.9 Å². The first kappa shape index (κ1) is 20.8. The van der Waals surface area contributed by atoms with Crippen molar-refractivity contribution in [2.45, 2.75) is 19.4 Å². The number of hydrogen-bond donors (Lipinski definition) is 1. The summed E-state index contributed by atoms with van der Waals surface area (Å²) in [7, 11) is 1.26. The molecule has 6 nitrogen and oxygen atoms in total. The molecule has 30 heavy (non-hydrogen) atoms. The van der Waals surface area contributed by atoms with Crippen molar-refractivity contribution in [1.82, 2.24) is 14.3 Å². The number of nitrogens with one attached hydrogen (secondary N) is 1. The molecular weight excluding hydrogens is 396 g/mol. The van der Waals surface area contributed by atoms with Gasteiger partial charge in [0, 0.05) is 54.9 Å². The highest BCUT2D eigenvalue weighted by Crippen LogP contribution is 2.25. The topological polar surface area (TPSA) is 66.7 Å². The van der Waals surface area contributed by atoms with E-state index in [0.29, 0.717) is 5.92 Å². The number of nitrogens with zero attached hydrogens (tertiary/aromatic N) is 3. The van der Waals surface area contributed by atoms with Crippen molar-refractivity contribution in [2.75, 3.05) is 37.0 Å². The number of aldehydes is 1. The molecule has 0 amide bonds. The normalized spacial score (nSPS) is 17.4. The van der Waals surface area contributed by atoms with Crippen LogP contribution >= 0.6 is 0 Å². The first-order valence-corrected chi connectivity index (χ1v) is 11.9. The van der Waals surface area contributed by atoms with Gasteiger partial charge in [-0.15, -0.1) is 0 Å². The summed E-state index contributed by atoms with van der Waals surface area (Å²) < 4.78 is 13.6. The van der Waals surface area contributed by atoms with Crippen LogP contribution in [0.1, 0.15) is 18.4 Å². The zero-order chi connectivity index (χ0) is 20.9. The predicted molar refractivity (Wildman–Crippen MR) is 122 cm³/mol. The van der Waals surface area contributed by atoms with E-state index in [4.69, 9.17) is 0 Å². The number of hydrogen-bond acceptors (Lipinski definition) is 5. The summed E-state index contributed by atoms with van der Waals surface area (Å²) in [4.78, 5) is 16.5. The highest BCUT2D eigenvalue weighted by Gasteiger charge is 2.19. The van der Waals surface area contributed by atoms with Gasteiger partial charge in [0.2, 0.25) is 0 Å². The molecule has 3 heterocycles. The Labute approximate surface area is 179 Å². The average molecular weight is 425 g/mol. The molecule has 0 spiro atoms. The zero-order valence-electron chi connectivity index (χ0n) is 17.3. The van der Waals surface area contributed by atoms with Gasteiger partial charge in [-0.05, 0) is 42.2 Å². The number of benzene rings is 1. The van der Waals surface area contributed by atoms with Crippen molar-refractivity contribution < 1.29 is 9.00 Å². The molecule has 5 rings (SSSR count). The van der Waals surface area contributed by atoms with Gasteiger partial charge in [0.1, 0.15) is 17.8 Å². The summed E-state index contributed by atoms with van der Waals surface area (Å²) in [6, 6.07) is 14.9. The molecule has 0 radical (unpaired) electrons. The van der Waals surface area contributed by atoms with Crippen molar-refractivity contribution >= 4 is 28.6 Å². The number of rotatable bonds is 5. The smallest absolute Gasteiger partial charge is 0.145 e. The predicted octanol–water partition coefficient (Wildman–Crippen LogP) is 3.20. The minimum Gasteiger partial charge on any atom is -0.372 e. The Kier molecular flexibility index (Phi) is 6.59. The third-order valence-electron chi connectivity index (χ3n) is 5.46. The Hall–Kier alpha value is -2.51. The molecule has 0 atom stereocenters. The summed E-state index contributed by atoms with van der Waals surface area (Å²) in [5.41, 5.74) is 4.54. The fourth-order valence-electron chi connectivity index (χ4n) is 3.52. The van der Waals surface area contributed by atoms with E-state index in [1.54, 1.807) is 0 Å². The van der Waals surface area contributed by atoms with Gasteiger partial charge in [0.05, 0.1) is 11.9 Å². The molecule has 1 aliphatic heterocycles. The summed E-state index contributed by atoms with van der Waals surface area (Å²) in [5, 5.41) is 3.10. The fraction of sp³-hybridized carbons (Fsp3) is 0.391. The Morgan fingerprint density at radius 3 is 2.60 bits per heavy atom. The van der Waals surface area contributed by atoms with Crippen LogP contribution in [0.4, 0.5) is 5.82 Å². The van der Waals surface area contributed by atoms with Crippen LogP contribution in [0.2, 0.25) is 0 Å². The maximum atomic E-state index is 11.5. The van der Waals surface area contributed by atoms with Crippen molar-refractivity contribution in [3.63, 3.8) is 0 Å². The maximum absolute atomic E-state index is 11.5. The molecule has 158 valence electrons. The second-order valence-electron chi connectivity index (χ2n) is 7.81. The SMILES string of the molecule is CNc1cn2c(-c3cccc(CN4CCS(=O)CC4)c3)cccc2n1.O=CC1CC1. The highest BCUT2D eigenvalue weighted by atomic mass is 32.2. The van der Waals surface area contributed by atoms with Crippen molar-refractivity contribution in [1.29, 1.82) is 0 Å². The van der Waals surface area contributed by atoms with Crippen molar-refractivity contribution in [2.24, 2.45) is 5.92 Å². The average Bonchev–Trinajstić information content (AvgIpc) is 3.53. The Morgan fingerprint density at radius 2 is 1.93 bits per heavy atom. The molecule has 2 aliphatic rings. The molecule has 1 N–H and O–H groups in total. The lowest BCUT2D eigenvalue weighted by Gasteiger charge is -2.26.